The van der Waals surface area contributed by atoms with Crippen molar-refractivity contribution < 1.29 is 4.74 Å². The van der Waals surface area contributed by atoms with Crippen LogP contribution < -0.4 is 15.4 Å². The Hall–Kier alpha value is -2.30. The molecular formula is C13H16N4O. The Kier molecular flexibility index (Phi) is 3.32. The number of hydrogen-bond acceptors (Lipinski definition) is 5. The highest BCUT2D eigenvalue weighted by Crippen LogP contribution is 2.23. The fraction of sp³-hybridized carbons (Fsp3) is 0.231. The van der Waals surface area contributed by atoms with Crippen LogP contribution in [0, 0.1) is 6.92 Å². The first kappa shape index (κ1) is 12.2. The lowest BCUT2D eigenvalue weighted by Crippen LogP contribution is -2.12. The second-order valence-electron chi connectivity index (χ2n) is 4.21. The molecule has 18 heavy (non-hydrogen) atoms. The van der Waals surface area contributed by atoms with Gasteiger partial charge in [0.2, 0.25) is 11.8 Å². The summed E-state index contributed by atoms with van der Waals surface area (Å²) in [4.78, 5) is 10.2. The van der Waals surface area contributed by atoms with Gasteiger partial charge in [-0.3, -0.25) is 0 Å². The summed E-state index contributed by atoms with van der Waals surface area (Å²) in [6.07, 6.45) is 1.67. The molecule has 5 nitrogen and oxygen atoms in total. The second kappa shape index (κ2) is 4.91. The SMILES string of the molecule is Cc1cc(Oc2ccnc(N(C)C)n2)ccc1N. The monoisotopic (exact) mass is 244 g/mol. The van der Waals surface area contributed by atoms with E-state index in [0.29, 0.717) is 17.6 Å². The summed E-state index contributed by atoms with van der Waals surface area (Å²) in [6, 6.07) is 7.24. The molecular weight excluding hydrogens is 228 g/mol. The zero-order valence-electron chi connectivity index (χ0n) is 10.7. The minimum atomic E-state index is 0.512. The molecule has 94 valence electrons. The summed E-state index contributed by atoms with van der Waals surface area (Å²) in [6.45, 7) is 1.94. The third-order valence-corrected chi connectivity index (χ3v) is 2.48. The van der Waals surface area contributed by atoms with Gasteiger partial charge in [0.25, 0.3) is 0 Å². The van der Waals surface area contributed by atoms with Crippen LogP contribution in [0.5, 0.6) is 11.6 Å². The van der Waals surface area contributed by atoms with Crippen LogP contribution in [0.25, 0.3) is 0 Å². The lowest BCUT2D eigenvalue weighted by Gasteiger charge is -2.11. The van der Waals surface area contributed by atoms with Gasteiger partial charge in [-0.25, -0.2) is 4.98 Å². The summed E-state index contributed by atoms with van der Waals surface area (Å²) in [7, 11) is 3.76. The lowest BCUT2D eigenvalue weighted by atomic mass is 10.2. The van der Waals surface area contributed by atoms with E-state index in [9.17, 15) is 0 Å². The summed E-state index contributed by atoms with van der Waals surface area (Å²) in [5.41, 5.74) is 7.49. The molecule has 5 heteroatoms. The largest absolute Gasteiger partial charge is 0.439 e. The van der Waals surface area contributed by atoms with E-state index in [1.54, 1.807) is 12.3 Å². The summed E-state index contributed by atoms with van der Waals surface area (Å²) < 4.78 is 5.67. The number of aromatic nitrogens is 2. The fourth-order valence-electron chi connectivity index (χ4n) is 1.44. The average Bonchev–Trinajstić information content (AvgIpc) is 2.34. The van der Waals surface area contributed by atoms with Crippen molar-refractivity contribution in [3.8, 4) is 11.6 Å². The molecule has 0 spiro atoms. The minimum Gasteiger partial charge on any atom is -0.439 e. The molecule has 0 aliphatic carbocycles. The smallest absolute Gasteiger partial charge is 0.228 e. The first-order valence-corrected chi connectivity index (χ1v) is 5.60. The third kappa shape index (κ3) is 2.68. The van der Waals surface area contributed by atoms with Crippen molar-refractivity contribution in [1.29, 1.82) is 0 Å². The maximum atomic E-state index is 5.76. The molecule has 1 heterocycles. The highest BCUT2D eigenvalue weighted by molar-refractivity contribution is 5.50. The van der Waals surface area contributed by atoms with Crippen molar-refractivity contribution in [2.24, 2.45) is 0 Å². The summed E-state index contributed by atoms with van der Waals surface area (Å²) >= 11 is 0. The van der Waals surface area contributed by atoms with Crippen molar-refractivity contribution in [1.82, 2.24) is 9.97 Å². The molecule has 0 aliphatic rings. The molecule has 0 bridgehead atoms. The zero-order valence-corrected chi connectivity index (χ0v) is 10.7. The van der Waals surface area contributed by atoms with E-state index in [-0.39, 0.29) is 0 Å². The number of aryl methyl sites for hydroxylation is 1. The molecule has 0 aliphatic heterocycles. The van der Waals surface area contributed by atoms with Crippen LogP contribution in [0.15, 0.2) is 30.5 Å². The fourth-order valence-corrected chi connectivity index (χ4v) is 1.44. The van der Waals surface area contributed by atoms with Crippen LogP contribution in [0.3, 0.4) is 0 Å². The number of nitrogen functional groups attached to an aromatic ring is 1. The molecule has 1 aromatic carbocycles. The van der Waals surface area contributed by atoms with E-state index < -0.39 is 0 Å². The molecule has 2 aromatic rings. The van der Waals surface area contributed by atoms with E-state index in [0.717, 1.165) is 11.3 Å². The predicted octanol–water partition coefficient (Wildman–Crippen LogP) is 2.23. The molecule has 0 unspecified atom stereocenters. The number of hydrogen-bond donors (Lipinski definition) is 1. The first-order valence-electron chi connectivity index (χ1n) is 5.60. The van der Waals surface area contributed by atoms with Gasteiger partial charge in [0.15, 0.2) is 0 Å². The van der Waals surface area contributed by atoms with Crippen molar-refractivity contribution in [2.75, 3.05) is 24.7 Å². The molecule has 0 radical (unpaired) electrons. The van der Waals surface area contributed by atoms with Crippen molar-refractivity contribution in [2.45, 2.75) is 6.92 Å². The van der Waals surface area contributed by atoms with Crippen molar-refractivity contribution in [3.63, 3.8) is 0 Å². The lowest BCUT2D eigenvalue weighted by molar-refractivity contribution is 0.461. The second-order valence-corrected chi connectivity index (χ2v) is 4.21. The number of nitrogens with zero attached hydrogens (tertiary/aromatic N) is 3. The molecule has 0 saturated carbocycles. The van der Waals surface area contributed by atoms with Crippen molar-refractivity contribution in [3.05, 3.63) is 36.0 Å². The maximum absolute atomic E-state index is 5.76. The van der Waals surface area contributed by atoms with E-state index in [1.165, 1.54) is 0 Å². The molecule has 0 amide bonds. The van der Waals surface area contributed by atoms with Gasteiger partial charge in [-0.2, -0.15) is 4.98 Å². The average molecular weight is 244 g/mol. The number of nitrogens with two attached hydrogens (primary N) is 1. The molecule has 0 fully saturated rings. The standard InChI is InChI=1S/C13H16N4O/c1-9-8-10(4-5-11(9)14)18-12-6-7-15-13(16-12)17(2)3/h4-8H,14H2,1-3H3. The highest BCUT2D eigenvalue weighted by Gasteiger charge is 2.04. The summed E-state index contributed by atoms with van der Waals surface area (Å²) in [5.74, 6) is 1.84. The minimum absolute atomic E-state index is 0.512. The van der Waals surface area contributed by atoms with Crippen molar-refractivity contribution >= 4 is 11.6 Å². The van der Waals surface area contributed by atoms with E-state index >= 15 is 0 Å². The molecule has 0 saturated heterocycles. The van der Waals surface area contributed by atoms with Gasteiger partial charge in [-0.15, -0.1) is 0 Å². The third-order valence-electron chi connectivity index (χ3n) is 2.48. The predicted molar refractivity (Wildman–Crippen MR) is 72.0 cm³/mol. The Labute approximate surface area is 106 Å². The van der Waals surface area contributed by atoms with Crippen LogP contribution in [0.4, 0.5) is 11.6 Å². The molecule has 2 N–H and O–H groups in total. The van der Waals surface area contributed by atoms with Crippen LogP contribution >= 0.6 is 0 Å². The Balaban J connectivity index is 2.23. The highest BCUT2D eigenvalue weighted by atomic mass is 16.5. The Morgan fingerprint density at radius 3 is 2.67 bits per heavy atom. The van der Waals surface area contributed by atoms with Gasteiger partial charge in [0.1, 0.15) is 5.75 Å². The molecule has 1 aromatic heterocycles. The Bertz CT molecular complexity index is 554. The van der Waals surface area contributed by atoms with Crippen LogP contribution in [-0.4, -0.2) is 24.1 Å². The van der Waals surface area contributed by atoms with Gasteiger partial charge in [-0.05, 0) is 30.7 Å². The maximum Gasteiger partial charge on any atom is 0.228 e. The van der Waals surface area contributed by atoms with Gasteiger partial charge >= 0.3 is 0 Å². The van der Waals surface area contributed by atoms with Gasteiger partial charge in [0, 0.05) is 32.0 Å². The van der Waals surface area contributed by atoms with Gasteiger partial charge < -0.3 is 15.4 Å². The van der Waals surface area contributed by atoms with Crippen LogP contribution in [0.1, 0.15) is 5.56 Å². The van der Waals surface area contributed by atoms with Gasteiger partial charge in [0.05, 0.1) is 0 Å². The normalized spacial score (nSPS) is 10.2. The van der Waals surface area contributed by atoms with E-state index in [2.05, 4.69) is 9.97 Å². The topological polar surface area (TPSA) is 64.3 Å². The van der Waals surface area contributed by atoms with E-state index in [1.807, 2.05) is 44.1 Å². The van der Waals surface area contributed by atoms with Gasteiger partial charge in [-0.1, -0.05) is 0 Å². The quantitative estimate of drug-likeness (QED) is 0.839. The van der Waals surface area contributed by atoms with Crippen LogP contribution in [-0.2, 0) is 0 Å². The first-order chi connectivity index (χ1) is 8.56. The number of ether oxygens (including phenoxy) is 1. The van der Waals surface area contributed by atoms with E-state index in [4.69, 9.17) is 10.5 Å². The zero-order chi connectivity index (χ0) is 13.1. The Morgan fingerprint density at radius 2 is 2.00 bits per heavy atom. The number of rotatable bonds is 3. The summed E-state index contributed by atoms with van der Waals surface area (Å²) in [5, 5.41) is 0. The number of anilines is 2. The van der Waals surface area contributed by atoms with Crippen LogP contribution in [0.2, 0.25) is 0 Å². The number of benzene rings is 1. The molecule has 0 atom stereocenters. The molecule has 2 rings (SSSR count). The Morgan fingerprint density at radius 1 is 1.22 bits per heavy atom.